The van der Waals surface area contributed by atoms with Crippen LogP contribution in [0.5, 0.6) is 0 Å². The summed E-state index contributed by atoms with van der Waals surface area (Å²) in [6, 6.07) is 0. The lowest BCUT2D eigenvalue weighted by Crippen LogP contribution is -2.44. The van der Waals surface area contributed by atoms with Crippen LogP contribution in [0.2, 0.25) is 0 Å². The molecule has 0 aromatic carbocycles. The summed E-state index contributed by atoms with van der Waals surface area (Å²) in [6.45, 7) is 3.13. The number of ether oxygens (including phenoxy) is 1. The molecule has 0 N–H and O–H groups in total. The number of carbonyl (C=O) groups is 1. The van der Waals surface area contributed by atoms with E-state index in [0.717, 1.165) is 38.2 Å². The maximum atomic E-state index is 12.9. The Hall–Kier alpha value is -0.370. The molecule has 0 amide bonds. The van der Waals surface area contributed by atoms with Gasteiger partial charge in [-0.05, 0) is 44.4 Å². The highest BCUT2D eigenvalue weighted by atomic mass is 16.5. The Kier molecular flexibility index (Phi) is 4.49. The van der Waals surface area contributed by atoms with Crippen LogP contribution in [0.25, 0.3) is 0 Å². The molecule has 3 fully saturated rings. The molecule has 1 heterocycles. The number of Topliss-reactive ketones (excluding diaryl/α,β-unsaturated/α-hetero) is 1. The van der Waals surface area contributed by atoms with E-state index in [1.807, 2.05) is 0 Å². The van der Waals surface area contributed by atoms with Crippen LogP contribution < -0.4 is 0 Å². The second kappa shape index (κ2) is 6.17. The van der Waals surface area contributed by atoms with Crippen LogP contribution in [-0.4, -0.2) is 18.0 Å². The molecule has 2 aliphatic carbocycles. The van der Waals surface area contributed by atoms with E-state index >= 15 is 0 Å². The third-order valence-electron chi connectivity index (χ3n) is 6.00. The van der Waals surface area contributed by atoms with Crippen molar-refractivity contribution in [2.45, 2.75) is 83.2 Å². The third-order valence-corrected chi connectivity index (χ3v) is 6.00. The molecule has 1 saturated heterocycles. The highest BCUT2D eigenvalue weighted by Crippen LogP contribution is 2.42. The molecule has 3 atom stereocenters. The second-order valence-corrected chi connectivity index (χ2v) is 7.65. The Labute approximate surface area is 123 Å². The molecule has 3 aliphatic rings. The van der Waals surface area contributed by atoms with Gasteiger partial charge in [-0.15, -0.1) is 0 Å². The Bertz CT molecular complexity index is 338. The number of carbonyl (C=O) groups excluding carboxylic acids is 1. The number of rotatable bonds is 2. The van der Waals surface area contributed by atoms with Crippen molar-refractivity contribution in [1.29, 1.82) is 0 Å². The smallest absolute Gasteiger partial charge is 0.139 e. The van der Waals surface area contributed by atoms with Crippen molar-refractivity contribution < 1.29 is 9.53 Å². The van der Waals surface area contributed by atoms with Gasteiger partial charge in [0.05, 0.1) is 5.60 Å². The summed E-state index contributed by atoms with van der Waals surface area (Å²) >= 11 is 0. The first-order chi connectivity index (χ1) is 9.69. The number of hydrogen-bond donors (Lipinski definition) is 0. The van der Waals surface area contributed by atoms with Crippen molar-refractivity contribution >= 4 is 5.78 Å². The van der Waals surface area contributed by atoms with Crippen LogP contribution >= 0.6 is 0 Å². The van der Waals surface area contributed by atoms with E-state index in [-0.39, 0.29) is 5.60 Å². The van der Waals surface area contributed by atoms with E-state index in [1.54, 1.807) is 0 Å². The molecular weight excluding hydrogens is 248 g/mol. The first kappa shape index (κ1) is 14.6. The van der Waals surface area contributed by atoms with Gasteiger partial charge in [0.15, 0.2) is 0 Å². The summed E-state index contributed by atoms with van der Waals surface area (Å²) in [6.07, 6.45) is 13.2. The average Bonchev–Trinajstić information content (AvgIpc) is 2.47. The van der Waals surface area contributed by atoms with E-state index in [9.17, 15) is 4.79 Å². The Morgan fingerprint density at radius 1 is 1.00 bits per heavy atom. The van der Waals surface area contributed by atoms with Gasteiger partial charge in [-0.2, -0.15) is 0 Å². The fraction of sp³-hybridized carbons (Fsp3) is 0.944. The van der Waals surface area contributed by atoms with Crippen molar-refractivity contribution in [3.63, 3.8) is 0 Å². The summed E-state index contributed by atoms with van der Waals surface area (Å²) in [4.78, 5) is 12.9. The van der Waals surface area contributed by atoms with Gasteiger partial charge in [0.2, 0.25) is 0 Å². The zero-order chi connectivity index (χ0) is 14.0. The fourth-order valence-electron chi connectivity index (χ4n) is 4.84. The lowest BCUT2D eigenvalue weighted by molar-refractivity contribution is -0.147. The minimum absolute atomic E-state index is 0.0805. The molecule has 2 saturated carbocycles. The minimum atomic E-state index is 0.0805. The van der Waals surface area contributed by atoms with Crippen LogP contribution in [0.4, 0.5) is 0 Å². The van der Waals surface area contributed by atoms with Crippen molar-refractivity contribution in [3.05, 3.63) is 0 Å². The predicted octanol–water partition coefficient (Wildman–Crippen LogP) is 4.51. The minimum Gasteiger partial charge on any atom is -0.375 e. The van der Waals surface area contributed by atoms with Gasteiger partial charge >= 0.3 is 0 Å². The fourth-order valence-corrected chi connectivity index (χ4v) is 4.84. The highest BCUT2D eigenvalue weighted by Gasteiger charge is 2.42. The molecule has 2 heteroatoms. The molecule has 0 radical (unpaired) electrons. The first-order valence-corrected chi connectivity index (χ1v) is 8.86. The summed E-state index contributed by atoms with van der Waals surface area (Å²) in [5.41, 5.74) is 0.0805. The molecule has 0 bridgehead atoms. The van der Waals surface area contributed by atoms with E-state index in [2.05, 4.69) is 6.92 Å². The van der Waals surface area contributed by atoms with Crippen molar-refractivity contribution in [2.75, 3.05) is 6.61 Å². The lowest BCUT2D eigenvalue weighted by Gasteiger charge is -2.44. The SMILES string of the molecule is CC1CCCC(C(=O)C2CCOC3(CCCCC3)C2)C1. The zero-order valence-electron chi connectivity index (χ0n) is 13.0. The summed E-state index contributed by atoms with van der Waals surface area (Å²) in [7, 11) is 0. The molecule has 20 heavy (non-hydrogen) atoms. The summed E-state index contributed by atoms with van der Waals surface area (Å²) < 4.78 is 6.14. The molecular formula is C18H30O2. The van der Waals surface area contributed by atoms with Gasteiger partial charge in [0, 0.05) is 18.4 Å². The Balaban J connectivity index is 1.62. The second-order valence-electron chi connectivity index (χ2n) is 7.65. The molecule has 1 aliphatic heterocycles. The maximum Gasteiger partial charge on any atom is 0.139 e. The summed E-state index contributed by atoms with van der Waals surface area (Å²) in [5, 5.41) is 0. The monoisotopic (exact) mass is 278 g/mol. The summed E-state index contributed by atoms with van der Waals surface area (Å²) in [5.74, 6) is 2.01. The van der Waals surface area contributed by atoms with Gasteiger partial charge in [-0.25, -0.2) is 0 Å². The normalized spacial score (nSPS) is 37.8. The zero-order valence-corrected chi connectivity index (χ0v) is 13.0. The quantitative estimate of drug-likeness (QED) is 0.743. The standard InChI is InChI=1S/C18H30O2/c1-14-6-5-7-15(12-14)17(19)16-8-11-20-18(13-16)9-3-2-4-10-18/h14-16H,2-13H2,1H3. The molecule has 114 valence electrons. The van der Waals surface area contributed by atoms with Crippen molar-refractivity contribution in [3.8, 4) is 0 Å². The topological polar surface area (TPSA) is 26.3 Å². The predicted molar refractivity (Wildman–Crippen MR) is 80.6 cm³/mol. The largest absolute Gasteiger partial charge is 0.375 e. The van der Waals surface area contributed by atoms with Crippen molar-refractivity contribution in [2.24, 2.45) is 17.8 Å². The molecule has 0 aromatic heterocycles. The number of hydrogen-bond acceptors (Lipinski definition) is 2. The molecule has 3 rings (SSSR count). The van der Waals surface area contributed by atoms with Gasteiger partial charge in [-0.3, -0.25) is 4.79 Å². The number of ketones is 1. The van der Waals surface area contributed by atoms with Gasteiger partial charge in [0.1, 0.15) is 5.78 Å². The molecule has 3 unspecified atom stereocenters. The van der Waals surface area contributed by atoms with Gasteiger partial charge in [0.25, 0.3) is 0 Å². The van der Waals surface area contributed by atoms with E-state index in [1.165, 1.54) is 44.9 Å². The van der Waals surface area contributed by atoms with Crippen molar-refractivity contribution in [1.82, 2.24) is 0 Å². The van der Waals surface area contributed by atoms with Crippen LogP contribution in [-0.2, 0) is 9.53 Å². The van der Waals surface area contributed by atoms with Crippen LogP contribution in [0.3, 0.4) is 0 Å². The van der Waals surface area contributed by atoms with E-state index < -0.39 is 0 Å². The van der Waals surface area contributed by atoms with Gasteiger partial charge in [-0.1, -0.05) is 39.0 Å². The molecule has 0 aromatic rings. The van der Waals surface area contributed by atoms with Gasteiger partial charge < -0.3 is 4.74 Å². The Morgan fingerprint density at radius 2 is 1.80 bits per heavy atom. The Morgan fingerprint density at radius 3 is 2.55 bits per heavy atom. The van der Waals surface area contributed by atoms with E-state index in [4.69, 9.17) is 4.74 Å². The van der Waals surface area contributed by atoms with Crippen LogP contribution in [0.1, 0.15) is 77.6 Å². The van der Waals surface area contributed by atoms with Crippen LogP contribution in [0.15, 0.2) is 0 Å². The average molecular weight is 278 g/mol. The third kappa shape index (κ3) is 3.10. The molecule has 1 spiro atoms. The first-order valence-electron chi connectivity index (χ1n) is 8.86. The maximum absolute atomic E-state index is 12.9. The molecule has 2 nitrogen and oxygen atoms in total. The van der Waals surface area contributed by atoms with Crippen LogP contribution in [0, 0.1) is 17.8 Å². The highest BCUT2D eigenvalue weighted by molar-refractivity contribution is 5.83. The van der Waals surface area contributed by atoms with E-state index in [0.29, 0.717) is 17.6 Å². The lowest BCUT2D eigenvalue weighted by atomic mass is 9.70.